The maximum absolute atomic E-state index is 3.78. The predicted molar refractivity (Wildman–Crippen MR) is 65.9 cm³/mol. The molecule has 2 aliphatic rings. The summed E-state index contributed by atoms with van der Waals surface area (Å²) in [6.45, 7) is 8.50. The number of nitrogens with one attached hydrogen (secondary N) is 1. The second-order valence-electron chi connectivity index (χ2n) is 6.66. The largest absolute Gasteiger partial charge is 0.314 e. The van der Waals surface area contributed by atoms with E-state index in [0.717, 1.165) is 17.9 Å². The van der Waals surface area contributed by atoms with E-state index < -0.39 is 0 Å². The summed E-state index contributed by atoms with van der Waals surface area (Å²) in [5, 5.41) is 3.78. The summed E-state index contributed by atoms with van der Waals surface area (Å²) in [6, 6.07) is 0.819. The van der Waals surface area contributed by atoms with Crippen LogP contribution in [0.1, 0.15) is 59.3 Å². The molecule has 0 saturated heterocycles. The van der Waals surface area contributed by atoms with Gasteiger partial charge in [0, 0.05) is 6.04 Å². The van der Waals surface area contributed by atoms with Crippen molar-refractivity contribution in [3.05, 3.63) is 0 Å². The van der Waals surface area contributed by atoms with Gasteiger partial charge < -0.3 is 5.32 Å². The maximum atomic E-state index is 3.78. The molecule has 1 atom stereocenters. The Hall–Kier alpha value is -0.0400. The predicted octanol–water partition coefficient (Wildman–Crippen LogP) is 3.59. The first-order valence-electron chi connectivity index (χ1n) is 6.80. The fourth-order valence-corrected chi connectivity index (χ4v) is 2.79. The Labute approximate surface area is 95.0 Å². The van der Waals surface area contributed by atoms with Crippen molar-refractivity contribution >= 4 is 0 Å². The molecule has 1 N–H and O–H groups in total. The van der Waals surface area contributed by atoms with Crippen LogP contribution in [-0.2, 0) is 0 Å². The summed E-state index contributed by atoms with van der Waals surface area (Å²) in [6.07, 6.45) is 8.57. The second kappa shape index (κ2) is 4.45. The van der Waals surface area contributed by atoms with Crippen molar-refractivity contribution in [1.82, 2.24) is 5.32 Å². The highest BCUT2D eigenvalue weighted by Gasteiger charge is 2.30. The topological polar surface area (TPSA) is 12.0 Å². The lowest BCUT2D eigenvalue weighted by Gasteiger charge is -2.35. The summed E-state index contributed by atoms with van der Waals surface area (Å²) < 4.78 is 0. The van der Waals surface area contributed by atoms with E-state index in [1.807, 2.05) is 0 Å². The van der Waals surface area contributed by atoms with Crippen LogP contribution in [0.3, 0.4) is 0 Å². The minimum Gasteiger partial charge on any atom is -0.314 e. The summed E-state index contributed by atoms with van der Waals surface area (Å²) in [5.74, 6) is 1.97. The average Bonchev–Trinajstić information content (AvgIpc) is 2.99. The molecule has 2 rings (SSSR count). The molecular weight excluding hydrogens is 182 g/mol. The van der Waals surface area contributed by atoms with Gasteiger partial charge in [0.1, 0.15) is 0 Å². The third kappa shape index (κ3) is 3.48. The molecule has 0 heterocycles. The van der Waals surface area contributed by atoms with Crippen molar-refractivity contribution in [2.45, 2.75) is 65.3 Å². The highest BCUT2D eigenvalue weighted by atomic mass is 14.9. The Morgan fingerprint density at radius 2 is 1.73 bits per heavy atom. The number of rotatable bonds is 4. The lowest BCUT2D eigenvalue weighted by atomic mass is 9.75. The van der Waals surface area contributed by atoms with E-state index >= 15 is 0 Å². The van der Waals surface area contributed by atoms with Crippen molar-refractivity contribution in [1.29, 1.82) is 0 Å². The van der Waals surface area contributed by atoms with E-state index in [0.29, 0.717) is 5.41 Å². The van der Waals surface area contributed by atoms with Gasteiger partial charge in [-0.25, -0.2) is 0 Å². The van der Waals surface area contributed by atoms with Gasteiger partial charge in [0.2, 0.25) is 0 Å². The van der Waals surface area contributed by atoms with Gasteiger partial charge in [-0.1, -0.05) is 20.8 Å². The minimum atomic E-state index is 0.611. The maximum Gasteiger partial charge on any atom is 0.00675 e. The van der Waals surface area contributed by atoms with Crippen LogP contribution >= 0.6 is 0 Å². The van der Waals surface area contributed by atoms with E-state index in [1.54, 1.807) is 0 Å². The van der Waals surface area contributed by atoms with E-state index in [2.05, 4.69) is 26.1 Å². The van der Waals surface area contributed by atoms with E-state index in [1.165, 1.54) is 45.1 Å². The number of hydrogen-bond acceptors (Lipinski definition) is 1. The van der Waals surface area contributed by atoms with Gasteiger partial charge >= 0.3 is 0 Å². The molecule has 0 aliphatic heterocycles. The quantitative estimate of drug-likeness (QED) is 0.746. The van der Waals surface area contributed by atoms with Gasteiger partial charge in [0.15, 0.2) is 0 Å². The van der Waals surface area contributed by atoms with Crippen LogP contribution < -0.4 is 5.32 Å². The van der Waals surface area contributed by atoms with Crippen LogP contribution in [0, 0.1) is 17.3 Å². The van der Waals surface area contributed by atoms with Crippen molar-refractivity contribution in [2.75, 3.05) is 6.54 Å². The zero-order valence-corrected chi connectivity index (χ0v) is 10.7. The molecule has 0 aromatic rings. The Bertz CT molecular complexity index is 195. The molecule has 2 saturated carbocycles. The van der Waals surface area contributed by atoms with Crippen LogP contribution in [0.15, 0.2) is 0 Å². The Kier molecular flexibility index (Phi) is 3.39. The summed E-state index contributed by atoms with van der Waals surface area (Å²) in [4.78, 5) is 0. The lowest BCUT2D eigenvalue weighted by molar-refractivity contribution is 0.202. The molecule has 0 amide bonds. The first-order chi connectivity index (χ1) is 7.07. The smallest absolute Gasteiger partial charge is 0.00675 e. The SMILES string of the molecule is CC(CNC1CCC(C)(C)CC1)C1CC1. The van der Waals surface area contributed by atoms with Crippen LogP contribution in [-0.4, -0.2) is 12.6 Å². The van der Waals surface area contributed by atoms with Crippen molar-refractivity contribution in [3.8, 4) is 0 Å². The molecule has 0 aromatic carbocycles. The number of hydrogen-bond donors (Lipinski definition) is 1. The van der Waals surface area contributed by atoms with Gasteiger partial charge in [-0.15, -0.1) is 0 Å². The molecule has 88 valence electrons. The first-order valence-corrected chi connectivity index (χ1v) is 6.80. The van der Waals surface area contributed by atoms with Gasteiger partial charge in [-0.2, -0.15) is 0 Å². The third-order valence-corrected chi connectivity index (χ3v) is 4.49. The summed E-state index contributed by atoms with van der Waals surface area (Å²) in [5.41, 5.74) is 0.611. The molecule has 0 aromatic heterocycles. The van der Waals surface area contributed by atoms with Crippen molar-refractivity contribution < 1.29 is 0 Å². The second-order valence-corrected chi connectivity index (χ2v) is 6.66. The highest BCUT2D eigenvalue weighted by molar-refractivity contribution is 4.84. The molecule has 0 radical (unpaired) electrons. The summed E-state index contributed by atoms with van der Waals surface area (Å²) >= 11 is 0. The molecule has 0 bridgehead atoms. The van der Waals surface area contributed by atoms with Crippen LogP contribution in [0.2, 0.25) is 0 Å². The van der Waals surface area contributed by atoms with Crippen LogP contribution in [0.25, 0.3) is 0 Å². The van der Waals surface area contributed by atoms with Gasteiger partial charge in [0.05, 0.1) is 0 Å². The van der Waals surface area contributed by atoms with E-state index in [-0.39, 0.29) is 0 Å². The zero-order valence-electron chi connectivity index (χ0n) is 10.7. The van der Waals surface area contributed by atoms with Crippen LogP contribution in [0.4, 0.5) is 0 Å². The Morgan fingerprint density at radius 3 is 2.27 bits per heavy atom. The minimum absolute atomic E-state index is 0.611. The molecule has 1 unspecified atom stereocenters. The monoisotopic (exact) mass is 209 g/mol. The molecule has 1 heteroatoms. The lowest BCUT2D eigenvalue weighted by Crippen LogP contribution is -2.38. The first kappa shape index (κ1) is 11.4. The molecule has 2 fully saturated rings. The van der Waals surface area contributed by atoms with Gasteiger partial charge in [-0.05, 0) is 62.3 Å². The molecule has 2 aliphatic carbocycles. The van der Waals surface area contributed by atoms with Gasteiger partial charge in [-0.3, -0.25) is 0 Å². The average molecular weight is 209 g/mol. The van der Waals surface area contributed by atoms with Gasteiger partial charge in [0.25, 0.3) is 0 Å². The third-order valence-electron chi connectivity index (χ3n) is 4.49. The van der Waals surface area contributed by atoms with Crippen molar-refractivity contribution in [3.63, 3.8) is 0 Å². The van der Waals surface area contributed by atoms with Crippen molar-refractivity contribution in [2.24, 2.45) is 17.3 Å². The molecular formula is C14H27N. The Balaban J connectivity index is 1.63. The van der Waals surface area contributed by atoms with Crippen LogP contribution in [0.5, 0.6) is 0 Å². The van der Waals surface area contributed by atoms with E-state index in [9.17, 15) is 0 Å². The highest BCUT2D eigenvalue weighted by Crippen LogP contribution is 2.37. The van der Waals surface area contributed by atoms with E-state index in [4.69, 9.17) is 0 Å². The Morgan fingerprint density at radius 1 is 1.13 bits per heavy atom. The molecule has 1 nitrogen and oxygen atoms in total. The standard InChI is InChI=1S/C14H27N/c1-11(12-4-5-12)10-15-13-6-8-14(2,3)9-7-13/h11-13,15H,4-10H2,1-3H3. The molecule has 0 spiro atoms. The fraction of sp³-hybridized carbons (Fsp3) is 1.00. The summed E-state index contributed by atoms with van der Waals surface area (Å²) in [7, 11) is 0. The fourth-order valence-electron chi connectivity index (χ4n) is 2.79. The zero-order chi connectivity index (χ0) is 10.9. The molecule has 15 heavy (non-hydrogen) atoms. The normalized spacial score (nSPS) is 29.0.